The van der Waals surface area contributed by atoms with Gasteiger partial charge in [-0.15, -0.1) is 0 Å². The van der Waals surface area contributed by atoms with Crippen LogP contribution in [0.5, 0.6) is 0 Å². The van der Waals surface area contributed by atoms with Crippen LogP contribution in [0.4, 0.5) is 18.9 Å². The Morgan fingerprint density at radius 3 is 2.74 bits per heavy atom. The summed E-state index contributed by atoms with van der Waals surface area (Å²) in [5.41, 5.74) is -1.30. The molecule has 1 atom stereocenters. The molecular formula is C23H22F3N5O3. The van der Waals surface area contributed by atoms with Crippen LogP contribution < -0.4 is 16.2 Å². The van der Waals surface area contributed by atoms with Crippen molar-refractivity contribution >= 4 is 28.3 Å². The number of aromatic amines is 1. The summed E-state index contributed by atoms with van der Waals surface area (Å²) in [5.74, 6) is -1.42. The first kappa shape index (κ1) is 23.6. The summed E-state index contributed by atoms with van der Waals surface area (Å²) in [6.45, 7) is 2.41. The highest BCUT2D eigenvalue weighted by molar-refractivity contribution is 6.07. The molecule has 1 saturated heterocycles. The number of fused-ring (bicyclic) bond motifs is 1. The van der Waals surface area contributed by atoms with Gasteiger partial charge in [-0.05, 0) is 37.4 Å². The highest BCUT2D eigenvalue weighted by Gasteiger charge is 2.31. The Kier molecular flexibility index (Phi) is 6.49. The zero-order chi connectivity index (χ0) is 24.5. The minimum atomic E-state index is -4.61. The van der Waals surface area contributed by atoms with Crippen LogP contribution in [-0.2, 0) is 11.0 Å². The summed E-state index contributed by atoms with van der Waals surface area (Å²) in [6.07, 6.45) is -4.33. The second kappa shape index (κ2) is 9.35. The number of halogens is 3. The SMILES string of the molecule is CN1CCNCC1CC(=O)Nc1ccc2nc(C(=O)c3cccc(C(F)(F)F)c3)[nH]c(=O)c2c1. The smallest absolute Gasteiger partial charge is 0.326 e. The van der Waals surface area contributed by atoms with Crippen molar-refractivity contribution in [1.29, 1.82) is 0 Å². The van der Waals surface area contributed by atoms with Gasteiger partial charge >= 0.3 is 6.18 Å². The van der Waals surface area contributed by atoms with Crippen LogP contribution in [0.15, 0.2) is 47.3 Å². The largest absolute Gasteiger partial charge is 0.416 e. The van der Waals surface area contributed by atoms with Crippen molar-refractivity contribution in [1.82, 2.24) is 20.2 Å². The van der Waals surface area contributed by atoms with Crippen molar-refractivity contribution in [3.8, 4) is 0 Å². The fourth-order valence-corrected chi connectivity index (χ4v) is 3.81. The van der Waals surface area contributed by atoms with Crippen LogP contribution in [0.2, 0.25) is 0 Å². The predicted molar refractivity (Wildman–Crippen MR) is 120 cm³/mol. The second-order valence-corrected chi connectivity index (χ2v) is 8.15. The van der Waals surface area contributed by atoms with Crippen LogP contribution in [0.1, 0.15) is 28.2 Å². The van der Waals surface area contributed by atoms with Crippen molar-refractivity contribution in [2.75, 3.05) is 32.0 Å². The molecule has 178 valence electrons. The number of hydrogen-bond acceptors (Lipinski definition) is 6. The van der Waals surface area contributed by atoms with Gasteiger partial charge in [0, 0.05) is 43.3 Å². The molecule has 8 nitrogen and oxygen atoms in total. The number of nitrogens with one attached hydrogen (secondary N) is 3. The van der Waals surface area contributed by atoms with E-state index in [-0.39, 0.29) is 40.7 Å². The molecular weight excluding hydrogens is 451 g/mol. The second-order valence-electron chi connectivity index (χ2n) is 8.15. The van der Waals surface area contributed by atoms with Crippen molar-refractivity contribution in [2.24, 2.45) is 0 Å². The minimum Gasteiger partial charge on any atom is -0.326 e. The average molecular weight is 473 g/mol. The lowest BCUT2D eigenvalue weighted by atomic mass is 10.1. The number of hydrogen-bond donors (Lipinski definition) is 3. The van der Waals surface area contributed by atoms with E-state index in [0.717, 1.165) is 25.2 Å². The normalized spacial score (nSPS) is 17.0. The van der Waals surface area contributed by atoms with E-state index in [1.54, 1.807) is 6.07 Å². The molecule has 1 fully saturated rings. The number of carbonyl (C=O) groups excluding carboxylic acids is 2. The average Bonchev–Trinajstić information content (AvgIpc) is 2.80. The minimum absolute atomic E-state index is 0.0590. The fraction of sp³-hybridized carbons (Fsp3) is 0.304. The summed E-state index contributed by atoms with van der Waals surface area (Å²) in [4.78, 5) is 46.3. The van der Waals surface area contributed by atoms with E-state index in [4.69, 9.17) is 0 Å². The molecule has 34 heavy (non-hydrogen) atoms. The monoisotopic (exact) mass is 473 g/mol. The van der Waals surface area contributed by atoms with Gasteiger partial charge in [0.25, 0.3) is 5.56 Å². The van der Waals surface area contributed by atoms with Gasteiger partial charge < -0.3 is 20.5 Å². The van der Waals surface area contributed by atoms with Crippen LogP contribution in [0.3, 0.4) is 0 Å². The predicted octanol–water partition coefficient (Wildman–Crippen LogP) is 2.41. The first-order valence-corrected chi connectivity index (χ1v) is 10.6. The Morgan fingerprint density at radius 2 is 2.00 bits per heavy atom. The van der Waals surface area contributed by atoms with Crippen LogP contribution in [-0.4, -0.2) is 59.3 Å². The lowest BCUT2D eigenvalue weighted by Crippen LogP contribution is -2.50. The lowest BCUT2D eigenvalue weighted by molar-refractivity contribution is -0.137. The van der Waals surface area contributed by atoms with Crippen LogP contribution in [0.25, 0.3) is 10.9 Å². The molecule has 0 spiro atoms. The first-order chi connectivity index (χ1) is 16.1. The van der Waals surface area contributed by atoms with Crippen molar-refractivity contribution < 1.29 is 22.8 Å². The van der Waals surface area contributed by atoms with Gasteiger partial charge in [-0.2, -0.15) is 13.2 Å². The highest BCUT2D eigenvalue weighted by atomic mass is 19.4. The topological polar surface area (TPSA) is 107 Å². The molecule has 3 aromatic rings. The molecule has 0 saturated carbocycles. The lowest BCUT2D eigenvalue weighted by Gasteiger charge is -2.32. The van der Waals surface area contributed by atoms with E-state index in [2.05, 4.69) is 25.5 Å². The number of carbonyl (C=O) groups is 2. The number of anilines is 1. The van der Waals surface area contributed by atoms with E-state index in [1.807, 2.05) is 7.05 Å². The number of alkyl halides is 3. The number of nitrogens with zero attached hydrogens (tertiary/aromatic N) is 2. The molecule has 0 radical (unpaired) electrons. The standard InChI is InChI=1S/C23H22F3N5O3/c1-31-8-7-27-12-16(31)11-19(32)28-15-5-6-18-17(10-15)22(34)30-21(29-18)20(33)13-3-2-4-14(9-13)23(24,25)26/h2-6,9-10,16,27H,7-8,11-12H2,1H3,(H,28,32)(H,29,30,34). The third-order valence-corrected chi connectivity index (χ3v) is 5.72. The molecule has 4 rings (SSSR count). The molecule has 1 aliphatic rings. The van der Waals surface area contributed by atoms with E-state index >= 15 is 0 Å². The van der Waals surface area contributed by atoms with Gasteiger partial charge in [0.2, 0.25) is 11.7 Å². The van der Waals surface area contributed by atoms with E-state index in [1.165, 1.54) is 18.2 Å². The van der Waals surface area contributed by atoms with Crippen molar-refractivity contribution in [3.63, 3.8) is 0 Å². The Bertz CT molecular complexity index is 1300. The summed E-state index contributed by atoms with van der Waals surface area (Å²) >= 11 is 0. The van der Waals surface area contributed by atoms with E-state index in [0.29, 0.717) is 18.3 Å². The number of amides is 1. The molecule has 2 heterocycles. The van der Waals surface area contributed by atoms with E-state index < -0.39 is 23.1 Å². The summed E-state index contributed by atoms with van der Waals surface area (Å²) in [5, 5.41) is 6.14. The third kappa shape index (κ3) is 5.15. The number of benzene rings is 2. The van der Waals surface area contributed by atoms with Gasteiger partial charge in [0.05, 0.1) is 16.5 Å². The molecule has 1 aromatic heterocycles. The zero-order valence-electron chi connectivity index (χ0n) is 18.2. The summed E-state index contributed by atoms with van der Waals surface area (Å²) in [6, 6.07) is 8.43. The molecule has 2 aromatic carbocycles. The molecule has 1 unspecified atom stereocenters. The molecule has 0 bridgehead atoms. The number of H-pyrrole nitrogens is 1. The Morgan fingerprint density at radius 1 is 1.21 bits per heavy atom. The Hall–Kier alpha value is -3.57. The van der Waals surface area contributed by atoms with Gasteiger partial charge in [-0.25, -0.2) is 4.98 Å². The zero-order valence-corrected chi connectivity index (χ0v) is 18.2. The third-order valence-electron chi connectivity index (χ3n) is 5.72. The molecule has 3 N–H and O–H groups in total. The highest BCUT2D eigenvalue weighted by Crippen LogP contribution is 2.30. The molecule has 11 heteroatoms. The van der Waals surface area contributed by atoms with Crippen LogP contribution >= 0.6 is 0 Å². The number of aromatic nitrogens is 2. The van der Waals surface area contributed by atoms with Crippen molar-refractivity contribution in [3.05, 3.63) is 69.8 Å². The summed E-state index contributed by atoms with van der Waals surface area (Å²) < 4.78 is 38.9. The maximum atomic E-state index is 13.0. The Balaban J connectivity index is 1.54. The van der Waals surface area contributed by atoms with E-state index in [9.17, 15) is 27.6 Å². The first-order valence-electron chi connectivity index (χ1n) is 10.6. The number of rotatable bonds is 5. The van der Waals surface area contributed by atoms with Gasteiger partial charge in [0.15, 0.2) is 5.82 Å². The number of likely N-dealkylation sites (N-methyl/N-ethyl adjacent to an activating group) is 1. The van der Waals surface area contributed by atoms with Crippen LogP contribution in [0, 0.1) is 0 Å². The maximum absolute atomic E-state index is 13.0. The van der Waals surface area contributed by atoms with Gasteiger partial charge in [0.1, 0.15) is 0 Å². The molecule has 1 aliphatic heterocycles. The number of piperazine rings is 1. The summed E-state index contributed by atoms with van der Waals surface area (Å²) in [7, 11) is 1.96. The maximum Gasteiger partial charge on any atom is 0.416 e. The number of ketones is 1. The fourth-order valence-electron chi connectivity index (χ4n) is 3.81. The Labute approximate surface area is 192 Å². The van der Waals surface area contributed by atoms with Gasteiger partial charge in [-0.1, -0.05) is 12.1 Å². The molecule has 0 aliphatic carbocycles. The van der Waals surface area contributed by atoms with Gasteiger partial charge in [-0.3, -0.25) is 14.4 Å². The quantitative estimate of drug-likeness (QED) is 0.492. The molecule has 1 amide bonds. The van der Waals surface area contributed by atoms with Crippen molar-refractivity contribution in [2.45, 2.75) is 18.6 Å².